The lowest BCUT2D eigenvalue weighted by molar-refractivity contribution is -0.128. The second-order valence-corrected chi connectivity index (χ2v) is 4.11. The van der Waals surface area contributed by atoms with Gasteiger partial charge < -0.3 is 9.47 Å². The average molecular weight is 216 g/mol. The number of aryl methyl sites for hydroxylation is 1. The quantitative estimate of drug-likeness (QED) is 0.771. The van der Waals surface area contributed by atoms with Crippen molar-refractivity contribution in [1.29, 1.82) is 0 Å². The molecule has 16 heavy (non-hydrogen) atoms. The van der Waals surface area contributed by atoms with Gasteiger partial charge in [0.25, 0.3) is 0 Å². The van der Waals surface area contributed by atoms with Crippen LogP contribution in [0.15, 0.2) is 36.5 Å². The predicted molar refractivity (Wildman–Crippen MR) is 65.2 cm³/mol. The van der Waals surface area contributed by atoms with Crippen molar-refractivity contribution < 1.29 is 4.79 Å². The minimum absolute atomic E-state index is 0.165. The summed E-state index contributed by atoms with van der Waals surface area (Å²) >= 11 is 0. The normalized spacial score (nSPS) is 10.6. The maximum absolute atomic E-state index is 11.5. The summed E-state index contributed by atoms with van der Waals surface area (Å²) in [5.74, 6) is 0.165. The van der Waals surface area contributed by atoms with Crippen LogP contribution < -0.4 is 0 Å². The lowest BCUT2D eigenvalue weighted by atomic mass is 10.2. The minimum atomic E-state index is 0.165. The highest BCUT2D eigenvalue weighted by molar-refractivity contribution is 5.80. The van der Waals surface area contributed by atoms with Crippen molar-refractivity contribution in [3.8, 4) is 0 Å². The third-order valence-electron chi connectivity index (χ3n) is 2.75. The van der Waals surface area contributed by atoms with Crippen molar-refractivity contribution >= 4 is 16.8 Å². The largest absolute Gasteiger partial charge is 0.349 e. The number of hydrogen-bond acceptors (Lipinski definition) is 1. The summed E-state index contributed by atoms with van der Waals surface area (Å²) in [7, 11) is 3.58. The Morgan fingerprint density at radius 3 is 2.75 bits per heavy atom. The molecule has 3 nitrogen and oxygen atoms in total. The minimum Gasteiger partial charge on any atom is -0.349 e. The van der Waals surface area contributed by atoms with Gasteiger partial charge in [-0.3, -0.25) is 4.79 Å². The van der Waals surface area contributed by atoms with Crippen molar-refractivity contribution in [3.63, 3.8) is 0 Å². The zero-order valence-corrected chi connectivity index (χ0v) is 9.68. The van der Waals surface area contributed by atoms with Crippen LogP contribution in [0.1, 0.15) is 6.42 Å². The van der Waals surface area contributed by atoms with Gasteiger partial charge in [-0.15, -0.1) is 0 Å². The van der Waals surface area contributed by atoms with E-state index in [0.29, 0.717) is 6.42 Å². The maximum Gasteiger partial charge on any atom is 0.223 e. The van der Waals surface area contributed by atoms with E-state index < -0.39 is 0 Å². The molecule has 2 aromatic rings. The summed E-state index contributed by atoms with van der Waals surface area (Å²) in [6, 6.07) is 10.3. The van der Waals surface area contributed by atoms with Crippen LogP contribution in [0, 0.1) is 0 Å². The van der Waals surface area contributed by atoms with Crippen LogP contribution >= 0.6 is 0 Å². The number of fused-ring (bicyclic) bond motifs is 1. The first-order valence-corrected chi connectivity index (χ1v) is 5.42. The number of benzene rings is 1. The fourth-order valence-electron chi connectivity index (χ4n) is 1.78. The van der Waals surface area contributed by atoms with E-state index in [1.807, 2.05) is 18.3 Å². The van der Waals surface area contributed by atoms with Crippen LogP contribution in [0.25, 0.3) is 10.9 Å². The van der Waals surface area contributed by atoms with Crippen molar-refractivity contribution in [2.75, 3.05) is 14.1 Å². The number of carbonyl (C=O) groups is 1. The SMILES string of the molecule is CN(C)C(=O)CCn1ccc2ccccc21. The van der Waals surface area contributed by atoms with E-state index in [4.69, 9.17) is 0 Å². The third-order valence-corrected chi connectivity index (χ3v) is 2.75. The van der Waals surface area contributed by atoms with Crippen LogP contribution in [0.3, 0.4) is 0 Å². The van der Waals surface area contributed by atoms with E-state index in [1.165, 1.54) is 10.9 Å². The monoisotopic (exact) mass is 216 g/mol. The molecule has 0 saturated heterocycles. The zero-order chi connectivity index (χ0) is 11.5. The lowest BCUT2D eigenvalue weighted by Crippen LogP contribution is -2.22. The summed E-state index contributed by atoms with van der Waals surface area (Å²) in [4.78, 5) is 13.1. The van der Waals surface area contributed by atoms with Gasteiger partial charge in [0.15, 0.2) is 0 Å². The number of amides is 1. The van der Waals surface area contributed by atoms with Crippen molar-refractivity contribution in [2.24, 2.45) is 0 Å². The summed E-state index contributed by atoms with van der Waals surface area (Å²) in [5, 5.41) is 1.22. The van der Waals surface area contributed by atoms with E-state index in [9.17, 15) is 4.79 Å². The number of aromatic nitrogens is 1. The average Bonchev–Trinajstić information content (AvgIpc) is 2.69. The Hall–Kier alpha value is -1.77. The predicted octanol–water partition coefficient (Wildman–Crippen LogP) is 2.12. The highest BCUT2D eigenvalue weighted by atomic mass is 16.2. The Morgan fingerprint density at radius 2 is 2.00 bits per heavy atom. The Morgan fingerprint density at radius 1 is 1.25 bits per heavy atom. The molecule has 0 unspecified atom stereocenters. The molecule has 0 aliphatic rings. The van der Waals surface area contributed by atoms with Crippen molar-refractivity contribution in [2.45, 2.75) is 13.0 Å². The zero-order valence-electron chi connectivity index (χ0n) is 9.68. The van der Waals surface area contributed by atoms with Crippen molar-refractivity contribution in [1.82, 2.24) is 9.47 Å². The topological polar surface area (TPSA) is 25.2 Å². The first kappa shape index (κ1) is 10.7. The number of hydrogen-bond donors (Lipinski definition) is 0. The van der Waals surface area contributed by atoms with E-state index in [1.54, 1.807) is 19.0 Å². The Labute approximate surface area is 95.3 Å². The first-order valence-electron chi connectivity index (χ1n) is 5.42. The molecular formula is C13H16N2O. The van der Waals surface area contributed by atoms with E-state index >= 15 is 0 Å². The van der Waals surface area contributed by atoms with Gasteiger partial charge >= 0.3 is 0 Å². The summed E-state index contributed by atoms with van der Waals surface area (Å²) < 4.78 is 2.12. The van der Waals surface area contributed by atoms with Crippen LogP contribution in [0.4, 0.5) is 0 Å². The van der Waals surface area contributed by atoms with Gasteiger partial charge in [0, 0.05) is 38.8 Å². The second-order valence-electron chi connectivity index (χ2n) is 4.11. The molecule has 0 aliphatic carbocycles. The molecule has 0 saturated carbocycles. The fourth-order valence-corrected chi connectivity index (χ4v) is 1.78. The number of rotatable bonds is 3. The molecule has 0 fully saturated rings. The molecule has 0 N–H and O–H groups in total. The van der Waals surface area contributed by atoms with E-state index in [-0.39, 0.29) is 5.91 Å². The molecule has 0 radical (unpaired) electrons. The van der Waals surface area contributed by atoms with Gasteiger partial charge in [-0.05, 0) is 17.5 Å². The standard InChI is InChI=1S/C13H16N2O/c1-14(2)13(16)8-10-15-9-7-11-5-3-4-6-12(11)15/h3-7,9H,8,10H2,1-2H3. The van der Waals surface area contributed by atoms with Gasteiger partial charge in [-0.25, -0.2) is 0 Å². The number of carbonyl (C=O) groups excluding carboxylic acids is 1. The molecule has 1 aromatic carbocycles. The third kappa shape index (κ3) is 2.08. The van der Waals surface area contributed by atoms with Gasteiger partial charge in [0.2, 0.25) is 5.91 Å². The first-order chi connectivity index (χ1) is 7.68. The van der Waals surface area contributed by atoms with E-state index in [0.717, 1.165) is 6.54 Å². The second kappa shape index (κ2) is 4.39. The molecule has 0 bridgehead atoms. The van der Waals surface area contributed by atoms with Crippen molar-refractivity contribution in [3.05, 3.63) is 36.5 Å². The number of para-hydroxylation sites is 1. The maximum atomic E-state index is 11.5. The van der Waals surface area contributed by atoms with E-state index in [2.05, 4.69) is 22.8 Å². The summed E-state index contributed by atoms with van der Waals surface area (Å²) in [6.07, 6.45) is 2.58. The summed E-state index contributed by atoms with van der Waals surface area (Å²) in [5.41, 5.74) is 1.19. The Kier molecular flexibility index (Phi) is 2.95. The number of nitrogens with zero attached hydrogens (tertiary/aromatic N) is 2. The molecule has 1 amide bonds. The van der Waals surface area contributed by atoms with Gasteiger partial charge in [0.05, 0.1) is 0 Å². The Bertz CT molecular complexity index is 499. The van der Waals surface area contributed by atoms with Crippen LogP contribution in [0.5, 0.6) is 0 Å². The highest BCUT2D eigenvalue weighted by Gasteiger charge is 2.05. The van der Waals surface area contributed by atoms with Gasteiger partial charge in [0.1, 0.15) is 0 Å². The Balaban J connectivity index is 2.13. The van der Waals surface area contributed by atoms with Crippen LogP contribution in [0.2, 0.25) is 0 Å². The molecule has 84 valence electrons. The molecule has 1 aromatic heterocycles. The fraction of sp³-hybridized carbons (Fsp3) is 0.308. The molecule has 2 rings (SSSR count). The molecule has 0 atom stereocenters. The molecular weight excluding hydrogens is 200 g/mol. The highest BCUT2D eigenvalue weighted by Crippen LogP contribution is 2.15. The lowest BCUT2D eigenvalue weighted by Gasteiger charge is -2.10. The molecule has 0 aliphatic heterocycles. The molecule has 3 heteroatoms. The van der Waals surface area contributed by atoms with Gasteiger partial charge in [-0.2, -0.15) is 0 Å². The van der Waals surface area contributed by atoms with Crippen LogP contribution in [-0.2, 0) is 11.3 Å². The van der Waals surface area contributed by atoms with Gasteiger partial charge in [-0.1, -0.05) is 18.2 Å². The molecule has 1 heterocycles. The molecule has 0 spiro atoms. The van der Waals surface area contributed by atoms with Crippen LogP contribution in [-0.4, -0.2) is 29.5 Å². The summed E-state index contributed by atoms with van der Waals surface area (Å²) in [6.45, 7) is 0.741. The smallest absolute Gasteiger partial charge is 0.223 e.